The van der Waals surface area contributed by atoms with Crippen LogP contribution in [0.15, 0.2) is 23.3 Å². The summed E-state index contributed by atoms with van der Waals surface area (Å²) in [5.74, 6) is 5.15. The summed E-state index contributed by atoms with van der Waals surface area (Å²) in [5, 5.41) is 0. The van der Waals surface area contributed by atoms with Crippen LogP contribution in [0.1, 0.15) is 130 Å². The van der Waals surface area contributed by atoms with Crippen molar-refractivity contribution in [1.29, 1.82) is 0 Å². The topological polar surface area (TPSA) is 52.6 Å². The number of Topliss-reactive ketones (excluding diaryl/α,β-unsaturated/α-hetero) is 2. The molecule has 12 atom stereocenters. The first-order valence-corrected chi connectivity index (χ1v) is 18.2. The van der Waals surface area contributed by atoms with E-state index >= 15 is 0 Å². The molecule has 4 nitrogen and oxygen atoms in total. The van der Waals surface area contributed by atoms with Crippen LogP contribution in [0.25, 0.3) is 0 Å². The minimum Gasteiger partial charge on any atom is -0.352 e. The normalized spacial score (nSPS) is 52.2. The largest absolute Gasteiger partial charge is 0.352 e. The highest BCUT2D eigenvalue weighted by molar-refractivity contribution is 5.87. The van der Waals surface area contributed by atoms with Crippen molar-refractivity contribution in [2.24, 2.45) is 57.2 Å². The molecule has 0 N–H and O–H groups in total. The van der Waals surface area contributed by atoms with Crippen molar-refractivity contribution in [3.8, 4) is 0 Å². The van der Waals surface area contributed by atoms with Gasteiger partial charge in [0.25, 0.3) is 0 Å². The van der Waals surface area contributed by atoms with E-state index in [4.69, 9.17) is 9.47 Å². The van der Waals surface area contributed by atoms with Crippen molar-refractivity contribution < 1.29 is 19.1 Å². The van der Waals surface area contributed by atoms with E-state index in [9.17, 15) is 9.59 Å². The number of hydrogen-bond donors (Lipinski definition) is 0. The van der Waals surface area contributed by atoms with Crippen LogP contribution < -0.4 is 0 Å². The molecule has 0 bridgehead atoms. The zero-order chi connectivity index (χ0) is 29.8. The van der Waals surface area contributed by atoms with E-state index in [-0.39, 0.29) is 33.9 Å². The second kappa shape index (κ2) is 10.1. The third-order valence-corrected chi connectivity index (χ3v) is 16.1. The summed E-state index contributed by atoms with van der Waals surface area (Å²) in [5.41, 5.74) is 3.78. The van der Waals surface area contributed by atoms with Gasteiger partial charge in [-0.15, -0.1) is 0 Å². The Morgan fingerprint density at radius 2 is 0.977 bits per heavy atom. The Bertz CT molecular complexity index is 1150. The summed E-state index contributed by atoms with van der Waals surface area (Å²) in [4.78, 5) is 25.5. The fraction of sp³-hybridized carbons (Fsp3) is 0.846. The molecule has 6 saturated carbocycles. The zero-order valence-electron chi connectivity index (χ0n) is 27.4. The van der Waals surface area contributed by atoms with Crippen LogP contribution in [0.4, 0.5) is 0 Å². The quantitative estimate of drug-likeness (QED) is 0.243. The molecule has 43 heavy (non-hydrogen) atoms. The van der Waals surface area contributed by atoms with Crippen LogP contribution >= 0.6 is 0 Å². The number of carbonyl (C=O) groups excluding carboxylic acids is 2. The maximum absolute atomic E-state index is 12.8. The van der Waals surface area contributed by atoms with Gasteiger partial charge in [0.05, 0.1) is 12.2 Å². The molecule has 0 heterocycles. The van der Waals surface area contributed by atoms with Crippen LogP contribution in [0, 0.1) is 57.2 Å². The van der Waals surface area contributed by atoms with Crippen molar-refractivity contribution >= 4 is 11.6 Å². The first-order chi connectivity index (χ1) is 20.6. The molecule has 0 saturated heterocycles. The zero-order valence-corrected chi connectivity index (χ0v) is 27.4. The number of hydrogen-bond acceptors (Lipinski definition) is 4. The van der Waals surface area contributed by atoms with Gasteiger partial charge in [-0.1, -0.05) is 51.0 Å². The minimum atomic E-state index is -0.0410. The molecular formula is C39H56O4. The van der Waals surface area contributed by atoms with Gasteiger partial charge < -0.3 is 9.47 Å². The van der Waals surface area contributed by atoms with E-state index in [1.807, 2.05) is 0 Å². The van der Waals surface area contributed by atoms with Gasteiger partial charge in [-0.25, -0.2) is 0 Å². The fourth-order valence-corrected chi connectivity index (χ4v) is 13.3. The summed E-state index contributed by atoms with van der Waals surface area (Å²) < 4.78 is 12.9. The molecule has 8 rings (SSSR count). The molecular weight excluding hydrogens is 532 g/mol. The Balaban J connectivity index is 0.865. The van der Waals surface area contributed by atoms with Crippen molar-refractivity contribution in [2.45, 2.75) is 143 Å². The fourth-order valence-electron chi connectivity index (χ4n) is 13.3. The maximum atomic E-state index is 12.8. The molecule has 236 valence electrons. The van der Waals surface area contributed by atoms with Crippen molar-refractivity contribution in [3.63, 3.8) is 0 Å². The molecule has 8 aliphatic carbocycles. The van der Waals surface area contributed by atoms with Crippen molar-refractivity contribution in [1.82, 2.24) is 0 Å². The Morgan fingerprint density at radius 3 is 1.42 bits per heavy atom. The van der Waals surface area contributed by atoms with Gasteiger partial charge >= 0.3 is 0 Å². The van der Waals surface area contributed by atoms with E-state index in [1.54, 1.807) is 11.1 Å². The van der Waals surface area contributed by atoms with E-state index in [0.29, 0.717) is 42.0 Å². The van der Waals surface area contributed by atoms with Crippen LogP contribution in [-0.2, 0) is 19.1 Å². The third-order valence-electron chi connectivity index (χ3n) is 16.1. The van der Waals surface area contributed by atoms with Gasteiger partial charge in [0.15, 0.2) is 0 Å². The standard InChI is InChI=1S/C39H56O4/c1-36-17-13-26(21-24(36)5-7-28-30-9-11-34(40)38(30,3)19-15-32(28)36)42-23-43-27-14-18-37(2)25(22-27)6-8-29-31-10-12-35(41)39(31,4)20-16-33(29)37/h5-6,26-33H,7-23H2,1-4H3. The summed E-state index contributed by atoms with van der Waals surface area (Å²) in [6.07, 6.45) is 23.4. The maximum Gasteiger partial charge on any atom is 0.147 e. The Hall–Kier alpha value is -1.26. The van der Waals surface area contributed by atoms with Gasteiger partial charge in [-0.3, -0.25) is 9.59 Å². The highest BCUT2D eigenvalue weighted by Gasteiger charge is 2.60. The predicted octanol–water partition coefficient (Wildman–Crippen LogP) is 8.78. The molecule has 0 spiro atoms. The molecule has 0 aromatic carbocycles. The highest BCUT2D eigenvalue weighted by Crippen LogP contribution is 2.65. The van der Waals surface area contributed by atoms with Gasteiger partial charge in [0.2, 0.25) is 0 Å². The van der Waals surface area contributed by atoms with E-state index < -0.39 is 0 Å². The van der Waals surface area contributed by atoms with Crippen LogP contribution in [-0.4, -0.2) is 30.6 Å². The monoisotopic (exact) mass is 588 g/mol. The summed E-state index contributed by atoms with van der Waals surface area (Å²) >= 11 is 0. The minimum absolute atomic E-state index is 0.0410. The molecule has 0 aliphatic heterocycles. The Morgan fingerprint density at radius 1 is 0.581 bits per heavy atom. The molecule has 0 aromatic rings. The molecule has 12 unspecified atom stereocenters. The number of fused-ring (bicyclic) bond motifs is 10. The lowest BCUT2D eigenvalue weighted by molar-refractivity contribution is -0.142. The number of rotatable bonds is 4. The number of allylic oxidation sites excluding steroid dienone is 2. The lowest BCUT2D eigenvalue weighted by Crippen LogP contribution is -2.51. The van der Waals surface area contributed by atoms with Crippen LogP contribution in [0.5, 0.6) is 0 Å². The van der Waals surface area contributed by atoms with Gasteiger partial charge in [0, 0.05) is 23.7 Å². The van der Waals surface area contributed by atoms with Gasteiger partial charge in [0.1, 0.15) is 18.4 Å². The average molecular weight is 589 g/mol. The highest BCUT2D eigenvalue weighted by atomic mass is 16.7. The first-order valence-electron chi connectivity index (χ1n) is 18.2. The van der Waals surface area contributed by atoms with Crippen molar-refractivity contribution in [2.75, 3.05) is 6.79 Å². The SMILES string of the molecule is CC12CCC3C(CC=C4CC(OCOC5CCC6(C)C(=CCC7C8CCC(=O)C8(C)CCC76)C5)CCC43C)C1CCC2=O. The molecule has 0 aromatic heterocycles. The molecule has 8 aliphatic rings. The number of ketones is 2. The first kappa shape index (κ1) is 29.2. The number of ether oxygens (including phenoxy) is 2. The lowest BCUT2D eigenvalue weighted by Gasteiger charge is -2.57. The lowest BCUT2D eigenvalue weighted by atomic mass is 9.48. The summed E-state index contributed by atoms with van der Waals surface area (Å²) in [6.45, 7) is 10.1. The smallest absolute Gasteiger partial charge is 0.147 e. The van der Waals surface area contributed by atoms with Crippen molar-refractivity contribution in [3.05, 3.63) is 23.3 Å². The Labute approximate surface area is 260 Å². The van der Waals surface area contributed by atoms with E-state index in [1.165, 1.54) is 38.5 Å². The van der Waals surface area contributed by atoms with Crippen LogP contribution in [0.3, 0.4) is 0 Å². The summed E-state index contributed by atoms with van der Waals surface area (Å²) in [7, 11) is 0. The molecule has 6 fully saturated rings. The van der Waals surface area contributed by atoms with Crippen LogP contribution in [0.2, 0.25) is 0 Å². The summed E-state index contributed by atoms with van der Waals surface area (Å²) in [6, 6.07) is 0. The third kappa shape index (κ3) is 4.19. The van der Waals surface area contributed by atoms with E-state index in [0.717, 1.165) is 76.0 Å². The average Bonchev–Trinajstić information content (AvgIpc) is 3.47. The Kier molecular flexibility index (Phi) is 6.86. The number of carbonyl (C=O) groups is 2. The second-order valence-electron chi connectivity index (χ2n) is 17.5. The van der Waals surface area contributed by atoms with E-state index in [2.05, 4.69) is 39.8 Å². The molecule has 0 amide bonds. The second-order valence-corrected chi connectivity index (χ2v) is 17.5. The van der Waals surface area contributed by atoms with Gasteiger partial charge in [-0.2, -0.15) is 0 Å². The molecule has 4 heteroatoms. The molecule has 0 radical (unpaired) electrons. The predicted molar refractivity (Wildman–Crippen MR) is 168 cm³/mol. The van der Waals surface area contributed by atoms with Gasteiger partial charge in [-0.05, 0) is 136 Å².